The highest BCUT2D eigenvalue weighted by molar-refractivity contribution is 5.89. The predicted molar refractivity (Wildman–Crippen MR) is 49.9 cm³/mol. The molecule has 0 saturated heterocycles. The Morgan fingerprint density at radius 1 is 1.36 bits per heavy atom. The Labute approximate surface area is 81.1 Å². The number of aryl methyl sites for hydroxylation is 1. The van der Waals surface area contributed by atoms with E-state index in [1.807, 2.05) is 0 Å². The van der Waals surface area contributed by atoms with Crippen molar-refractivity contribution in [2.45, 2.75) is 12.8 Å². The molecule has 0 amide bonds. The standard InChI is InChI=1S/C11H10F2O/c1-2-9(14)5-3-8-4-6-10(12)11(13)7-8/h2,4,6-7H,1,3,5H2. The minimum atomic E-state index is -0.881. The zero-order chi connectivity index (χ0) is 10.6. The van der Waals surface area contributed by atoms with Crippen LogP contribution in [0.25, 0.3) is 0 Å². The summed E-state index contributed by atoms with van der Waals surface area (Å²) in [6, 6.07) is 3.63. The van der Waals surface area contributed by atoms with E-state index in [2.05, 4.69) is 6.58 Å². The zero-order valence-corrected chi connectivity index (χ0v) is 7.59. The van der Waals surface area contributed by atoms with Crippen LogP contribution in [0.3, 0.4) is 0 Å². The molecule has 14 heavy (non-hydrogen) atoms. The van der Waals surface area contributed by atoms with E-state index in [9.17, 15) is 13.6 Å². The van der Waals surface area contributed by atoms with Crippen LogP contribution < -0.4 is 0 Å². The van der Waals surface area contributed by atoms with E-state index in [0.717, 1.165) is 12.1 Å². The summed E-state index contributed by atoms with van der Waals surface area (Å²) in [7, 11) is 0. The molecular formula is C11H10F2O. The average molecular weight is 196 g/mol. The molecule has 0 heterocycles. The van der Waals surface area contributed by atoms with Crippen molar-refractivity contribution in [2.75, 3.05) is 0 Å². The van der Waals surface area contributed by atoms with Crippen molar-refractivity contribution in [1.82, 2.24) is 0 Å². The van der Waals surface area contributed by atoms with Gasteiger partial charge in [-0.15, -0.1) is 0 Å². The molecule has 1 aromatic carbocycles. The fraction of sp³-hybridized carbons (Fsp3) is 0.182. The van der Waals surface area contributed by atoms with Crippen LogP contribution in [0.4, 0.5) is 8.78 Å². The van der Waals surface area contributed by atoms with Crippen LogP contribution >= 0.6 is 0 Å². The van der Waals surface area contributed by atoms with E-state index in [1.165, 1.54) is 12.1 Å². The molecule has 0 unspecified atom stereocenters. The summed E-state index contributed by atoms with van der Waals surface area (Å²) in [5, 5.41) is 0. The van der Waals surface area contributed by atoms with Crippen molar-refractivity contribution in [3.63, 3.8) is 0 Å². The fourth-order valence-corrected chi connectivity index (χ4v) is 1.06. The summed E-state index contributed by atoms with van der Waals surface area (Å²) in [6.45, 7) is 3.32. The molecule has 0 aliphatic carbocycles. The van der Waals surface area contributed by atoms with Crippen LogP contribution in [0.2, 0.25) is 0 Å². The highest BCUT2D eigenvalue weighted by atomic mass is 19.2. The Morgan fingerprint density at radius 3 is 2.64 bits per heavy atom. The number of carbonyl (C=O) groups is 1. The van der Waals surface area contributed by atoms with Gasteiger partial charge in [0, 0.05) is 6.42 Å². The number of rotatable bonds is 4. The van der Waals surface area contributed by atoms with Crippen molar-refractivity contribution in [2.24, 2.45) is 0 Å². The van der Waals surface area contributed by atoms with E-state index >= 15 is 0 Å². The summed E-state index contributed by atoms with van der Waals surface area (Å²) in [4.78, 5) is 10.9. The second-order valence-corrected chi connectivity index (χ2v) is 2.92. The van der Waals surface area contributed by atoms with E-state index in [-0.39, 0.29) is 12.2 Å². The molecule has 1 aromatic rings. The Morgan fingerprint density at radius 2 is 2.07 bits per heavy atom. The van der Waals surface area contributed by atoms with Gasteiger partial charge in [0.2, 0.25) is 0 Å². The molecule has 1 rings (SSSR count). The van der Waals surface area contributed by atoms with Crippen LogP contribution in [0.5, 0.6) is 0 Å². The lowest BCUT2D eigenvalue weighted by Crippen LogP contribution is -1.96. The minimum Gasteiger partial charge on any atom is -0.295 e. The largest absolute Gasteiger partial charge is 0.295 e. The van der Waals surface area contributed by atoms with Gasteiger partial charge >= 0.3 is 0 Å². The van der Waals surface area contributed by atoms with E-state index in [1.54, 1.807) is 0 Å². The number of hydrogen-bond acceptors (Lipinski definition) is 1. The maximum absolute atomic E-state index is 12.7. The van der Waals surface area contributed by atoms with Gasteiger partial charge in [0.1, 0.15) is 0 Å². The molecule has 0 saturated carbocycles. The summed E-state index contributed by atoms with van der Waals surface area (Å²) >= 11 is 0. The molecular weight excluding hydrogens is 186 g/mol. The fourth-order valence-electron chi connectivity index (χ4n) is 1.06. The van der Waals surface area contributed by atoms with Gasteiger partial charge in [-0.1, -0.05) is 12.6 Å². The van der Waals surface area contributed by atoms with Crippen molar-refractivity contribution in [3.8, 4) is 0 Å². The third-order valence-corrected chi connectivity index (χ3v) is 1.87. The number of halogens is 2. The van der Waals surface area contributed by atoms with E-state index in [0.29, 0.717) is 12.0 Å². The summed E-state index contributed by atoms with van der Waals surface area (Å²) < 4.78 is 25.2. The Bertz CT molecular complexity index is 358. The molecule has 0 fully saturated rings. The monoisotopic (exact) mass is 196 g/mol. The van der Waals surface area contributed by atoms with Gasteiger partial charge in [0.15, 0.2) is 17.4 Å². The number of carbonyl (C=O) groups excluding carboxylic acids is 1. The minimum absolute atomic E-state index is 0.102. The van der Waals surface area contributed by atoms with Crippen molar-refractivity contribution in [3.05, 3.63) is 48.1 Å². The SMILES string of the molecule is C=CC(=O)CCc1ccc(F)c(F)c1. The number of hydrogen-bond donors (Lipinski definition) is 0. The molecule has 0 aromatic heterocycles. The Balaban J connectivity index is 2.64. The second-order valence-electron chi connectivity index (χ2n) is 2.92. The first-order valence-corrected chi connectivity index (χ1v) is 4.22. The van der Waals surface area contributed by atoms with Gasteiger partial charge in [-0.25, -0.2) is 8.78 Å². The molecule has 74 valence electrons. The lowest BCUT2D eigenvalue weighted by molar-refractivity contribution is -0.114. The predicted octanol–water partition coefficient (Wildman–Crippen LogP) is 2.65. The smallest absolute Gasteiger partial charge is 0.159 e. The number of allylic oxidation sites excluding steroid dienone is 1. The van der Waals surface area contributed by atoms with Crippen LogP contribution in [0.1, 0.15) is 12.0 Å². The third-order valence-electron chi connectivity index (χ3n) is 1.87. The molecule has 0 aliphatic heterocycles. The maximum atomic E-state index is 12.7. The van der Waals surface area contributed by atoms with Gasteiger partial charge < -0.3 is 0 Å². The van der Waals surface area contributed by atoms with Crippen LogP contribution in [-0.2, 0) is 11.2 Å². The Kier molecular flexibility index (Phi) is 3.51. The average Bonchev–Trinajstić information content (AvgIpc) is 2.19. The zero-order valence-electron chi connectivity index (χ0n) is 7.59. The van der Waals surface area contributed by atoms with Crippen molar-refractivity contribution < 1.29 is 13.6 Å². The molecule has 0 spiro atoms. The van der Waals surface area contributed by atoms with Gasteiger partial charge in [-0.3, -0.25) is 4.79 Å². The van der Waals surface area contributed by atoms with Crippen LogP contribution in [0, 0.1) is 11.6 Å². The number of ketones is 1. The van der Waals surface area contributed by atoms with E-state index < -0.39 is 11.6 Å². The topological polar surface area (TPSA) is 17.1 Å². The normalized spacial score (nSPS) is 9.86. The van der Waals surface area contributed by atoms with Gasteiger partial charge in [0.05, 0.1) is 0 Å². The quantitative estimate of drug-likeness (QED) is 0.676. The first-order chi connectivity index (χ1) is 6.63. The third kappa shape index (κ3) is 2.76. The molecule has 0 radical (unpaired) electrons. The lowest BCUT2D eigenvalue weighted by atomic mass is 10.1. The molecule has 0 bridgehead atoms. The summed E-state index contributed by atoms with van der Waals surface area (Å²) in [5.41, 5.74) is 0.610. The van der Waals surface area contributed by atoms with Gasteiger partial charge in [-0.2, -0.15) is 0 Å². The highest BCUT2D eigenvalue weighted by Gasteiger charge is 2.03. The lowest BCUT2D eigenvalue weighted by Gasteiger charge is -1.99. The molecule has 0 atom stereocenters. The first-order valence-electron chi connectivity index (χ1n) is 4.22. The highest BCUT2D eigenvalue weighted by Crippen LogP contribution is 2.10. The second kappa shape index (κ2) is 4.65. The number of benzene rings is 1. The maximum Gasteiger partial charge on any atom is 0.159 e. The van der Waals surface area contributed by atoms with Gasteiger partial charge in [-0.05, 0) is 30.2 Å². The van der Waals surface area contributed by atoms with Crippen molar-refractivity contribution in [1.29, 1.82) is 0 Å². The van der Waals surface area contributed by atoms with E-state index in [4.69, 9.17) is 0 Å². The first kappa shape index (κ1) is 10.6. The van der Waals surface area contributed by atoms with Crippen LogP contribution in [-0.4, -0.2) is 5.78 Å². The summed E-state index contributed by atoms with van der Waals surface area (Å²) in [5.74, 6) is -1.85. The molecule has 0 aliphatic rings. The summed E-state index contributed by atoms with van der Waals surface area (Å²) in [6.07, 6.45) is 1.90. The van der Waals surface area contributed by atoms with Gasteiger partial charge in [0.25, 0.3) is 0 Å². The molecule has 3 heteroatoms. The molecule has 1 nitrogen and oxygen atoms in total. The Hall–Kier alpha value is -1.51. The van der Waals surface area contributed by atoms with Crippen LogP contribution in [0.15, 0.2) is 30.9 Å². The molecule has 0 N–H and O–H groups in total. The van der Waals surface area contributed by atoms with Crippen molar-refractivity contribution >= 4 is 5.78 Å².